The fourth-order valence-corrected chi connectivity index (χ4v) is 3.01. The van der Waals surface area contributed by atoms with Crippen molar-refractivity contribution in [2.45, 2.75) is 12.3 Å². The van der Waals surface area contributed by atoms with Crippen LogP contribution in [0.2, 0.25) is 5.02 Å². The number of benzene rings is 3. The van der Waals surface area contributed by atoms with Gasteiger partial charge in [-0.3, -0.25) is 4.79 Å². The third kappa shape index (κ3) is 4.28. The number of ether oxygens (including phenoxy) is 1. The highest BCUT2D eigenvalue weighted by Gasteiger charge is 2.19. The second-order valence-corrected chi connectivity index (χ2v) is 6.31. The molecule has 0 aliphatic rings. The van der Waals surface area contributed by atoms with Crippen LogP contribution in [0.5, 0.6) is 5.75 Å². The summed E-state index contributed by atoms with van der Waals surface area (Å²) in [5.74, 6) is 0.899. The van der Waals surface area contributed by atoms with Crippen LogP contribution in [0.4, 0.5) is 0 Å². The van der Waals surface area contributed by atoms with E-state index in [4.69, 9.17) is 16.3 Å². The van der Waals surface area contributed by atoms with Gasteiger partial charge < -0.3 is 4.74 Å². The molecule has 1 atom stereocenters. The Hall–Kier alpha value is -2.58. The predicted octanol–water partition coefficient (Wildman–Crippen LogP) is 5.75. The van der Waals surface area contributed by atoms with E-state index in [1.165, 1.54) is 0 Å². The van der Waals surface area contributed by atoms with Crippen molar-refractivity contribution < 1.29 is 9.53 Å². The van der Waals surface area contributed by atoms with Crippen molar-refractivity contribution in [3.63, 3.8) is 0 Å². The van der Waals surface area contributed by atoms with Crippen LogP contribution in [0, 0.1) is 0 Å². The Kier molecular flexibility index (Phi) is 5.52. The smallest absolute Gasteiger partial charge is 0.163 e. The summed E-state index contributed by atoms with van der Waals surface area (Å²) in [4.78, 5) is 12.8. The lowest BCUT2D eigenvalue weighted by Crippen LogP contribution is -2.09. The lowest BCUT2D eigenvalue weighted by atomic mass is 9.86. The molecule has 1 unspecified atom stereocenters. The number of ketones is 1. The van der Waals surface area contributed by atoms with Crippen molar-refractivity contribution in [3.8, 4) is 5.75 Å². The lowest BCUT2D eigenvalue weighted by Gasteiger charge is -2.18. The Morgan fingerprint density at radius 3 is 2.08 bits per heavy atom. The number of hydrogen-bond acceptors (Lipinski definition) is 2. The van der Waals surface area contributed by atoms with Gasteiger partial charge in [0.1, 0.15) is 5.75 Å². The van der Waals surface area contributed by atoms with Crippen molar-refractivity contribution in [1.29, 1.82) is 0 Å². The molecule has 3 rings (SSSR count). The first-order chi connectivity index (χ1) is 12.2. The van der Waals surface area contributed by atoms with Crippen molar-refractivity contribution in [2.24, 2.45) is 0 Å². The molecule has 2 nitrogen and oxygen atoms in total. The third-order valence-electron chi connectivity index (χ3n) is 4.28. The van der Waals surface area contributed by atoms with E-state index in [1.54, 1.807) is 31.4 Å². The lowest BCUT2D eigenvalue weighted by molar-refractivity contribution is 0.0977. The van der Waals surface area contributed by atoms with Crippen LogP contribution in [0.15, 0.2) is 78.9 Å². The Labute approximate surface area is 153 Å². The van der Waals surface area contributed by atoms with Crippen molar-refractivity contribution in [1.82, 2.24) is 0 Å². The van der Waals surface area contributed by atoms with E-state index in [1.807, 2.05) is 42.5 Å². The van der Waals surface area contributed by atoms with E-state index >= 15 is 0 Å². The second-order valence-electron chi connectivity index (χ2n) is 5.87. The van der Waals surface area contributed by atoms with E-state index < -0.39 is 0 Å². The Morgan fingerprint density at radius 2 is 1.48 bits per heavy atom. The van der Waals surface area contributed by atoms with Gasteiger partial charge in [-0.25, -0.2) is 0 Å². The van der Waals surface area contributed by atoms with Crippen LogP contribution in [0.25, 0.3) is 0 Å². The Bertz CT molecular complexity index is 824. The first kappa shape index (κ1) is 17.2. The van der Waals surface area contributed by atoms with Gasteiger partial charge in [-0.15, -0.1) is 0 Å². The van der Waals surface area contributed by atoms with Gasteiger partial charge in [0.2, 0.25) is 0 Å². The number of halogens is 1. The molecule has 0 aliphatic heterocycles. The van der Waals surface area contributed by atoms with Gasteiger partial charge in [-0.05, 0) is 47.5 Å². The molecule has 0 N–H and O–H groups in total. The number of Topliss-reactive ketones (excluding diaryl/α,β-unsaturated/α-hetero) is 1. The average Bonchev–Trinajstić information content (AvgIpc) is 2.67. The van der Waals surface area contributed by atoms with Gasteiger partial charge in [0.15, 0.2) is 5.78 Å². The largest absolute Gasteiger partial charge is 0.497 e. The molecule has 3 aromatic rings. The number of hydrogen-bond donors (Lipinski definition) is 0. The normalized spacial score (nSPS) is 11.8. The third-order valence-corrected chi connectivity index (χ3v) is 4.53. The zero-order valence-electron chi connectivity index (χ0n) is 14.0. The second kappa shape index (κ2) is 8.00. The molecule has 126 valence electrons. The van der Waals surface area contributed by atoms with Gasteiger partial charge in [-0.2, -0.15) is 0 Å². The maximum absolute atomic E-state index is 12.8. The number of rotatable bonds is 6. The molecular formula is C22H19ClO2. The van der Waals surface area contributed by atoms with E-state index in [0.29, 0.717) is 17.0 Å². The number of carbonyl (C=O) groups is 1. The van der Waals surface area contributed by atoms with E-state index in [-0.39, 0.29) is 11.7 Å². The van der Waals surface area contributed by atoms with E-state index in [9.17, 15) is 4.79 Å². The standard InChI is InChI=1S/C22H19ClO2/c1-25-20-13-9-17(10-14-20)21(16-5-3-2-4-6-16)15-22(24)18-7-11-19(23)12-8-18/h2-14,21H,15H2,1H3. The van der Waals surface area contributed by atoms with Gasteiger partial charge in [0.05, 0.1) is 7.11 Å². The molecule has 0 fully saturated rings. The first-order valence-corrected chi connectivity index (χ1v) is 8.53. The molecule has 0 bridgehead atoms. The van der Waals surface area contributed by atoms with Crippen molar-refractivity contribution >= 4 is 17.4 Å². The molecule has 25 heavy (non-hydrogen) atoms. The number of carbonyl (C=O) groups excluding carboxylic acids is 1. The molecule has 0 radical (unpaired) electrons. The molecule has 0 aliphatic carbocycles. The van der Waals surface area contributed by atoms with Crippen molar-refractivity contribution in [2.75, 3.05) is 7.11 Å². The zero-order valence-corrected chi connectivity index (χ0v) is 14.7. The summed E-state index contributed by atoms with van der Waals surface area (Å²) in [6.07, 6.45) is 0.401. The molecular weight excluding hydrogens is 332 g/mol. The van der Waals surface area contributed by atoms with E-state index in [2.05, 4.69) is 12.1 Å². The minimum absolute atomic E-state index is 0.00437. The predicted molar refractivity (Wildman–Crippen MR) is 102 cm³/mol. The fourth-order valence-electron chi connectivity index (χ4n) is 2.89. The van der Waals surface area contributed by atoms with Gasteiger partial charge in [0.25, 0.3) is 0 Å². The van der Waals surface area contributed by atoms with E-state index in [0.717, 1.165) is 16.9 Å². The van der Waals surface area contributed by atoms with Gasteiger partial charge >= 0.3 is 0 Å². The van der Waals surface area contributed by atoms with Crippen LogP contribution >= 0.6 is 11.6 Å². The fraction of sp³-hybridized carbons (Fsp3) is 0.136. The molecule has 0 amide bonds. The minimum atomic E-state index is -0.00437. The Morgan fingerprint density at radius 1 is 0.880 bits per heavy atom. The van der Waals surface area contributed by atoms with Gasteiger partial charge in [-0.1, -0.05) is 54.1 Å². The molecule has 0 spiro atoms. The molecule has 3 aromatic carbocycles. The summed E-state index contributed by atoms with van der Waals surface area (Å²) < 4.78 is 5.24. The quantitative estimate of drug-likeness (QED) is 0.529. The van der Waals surface area contributed by atoms with Crippen LogP contribution in [0.1, 0.15) is 33.8 Å². The van der Waals surface area contributed by atoms with Crippen LogP contribution in [0.3, 0.4) is 0 Å². The van der Waals surface area contributed by atoms with Crippen LogP contribution in [-0.2, 0) is 0 Å². The average molecular weight is 351 g/mol. The molecule has 0 aromatic heterocycles. The van der Waals surface area contributed by atoms with Crippen LogP contribution in [-0.4, -0.2) is 12.9 Å². The Balaban J connectivity index is 1.90. The summed E-state index contributed by atoms with van der Waals surface area (Å²) in [5.41, 5.74) is 2.89. The SMILES string of the molecule is COc1ccc(C(CC(=O)c2ccc(Cl)cc2)c2ccccc2)cc1. The molecule has 0 heterocycles. The minimum Gasteiger partial charge on any atom is -0.497 e. The topological polar surface area (TPSA) is 26.3 Å². The summed E-state index contributed by atoms with van der Waals surface area (Å²) in [6, 6.07) is 25.1. The highest BCUT2D eigenvalue weighted by Crippen LogP contribution is 2.30. The zero-order chi connectivity index (χ0) is 17.6. The molecule has 0 saturated carbocycles. The first-order valence-electron chi connectivity index (χ1n) is 8.15. The number of methoxy groups -OCH3 is 1. The van der Waals surface area contributed by atoms with Crippen molar-refractivity contribution in [3.05, 3.63) is 101 Å². The maximum atomic E-state index is 12.8. The summed E-state index contributed by atoms with van der Waals surface area (Å²) in [6.45, 7) is 0. The summed E-state index contributed by atoms with van der Waals surface area (Å²) in [7, 11) is 1.65. The van der Waals surface area contributed by atoms with Crippen LogP contribution < -0.4 is 4.74 Å². The van der Waals surface area contributed by atoms with Gasteiger partial charge in [0, 0.05) is 22.9 Å². The molecule has 3 heteroatoms. The summed E-state index contributed by atoms with van der Waals surface area (Å²) in [5, 5.41) is 0.631. The highest BCUT2D eigenvalue weighted by atomic mass is 35.5. The monoisotopic (exact) mass is 350 g/mol. The highest BCUT2D eigenvalue weighted by molar-refractivity contribution is 6.30. The molecule has 0 saturated heterocycles. The summed E-state index contributed by atoms with van der Waals surface area (Å²) >= 11 is 5.92. The maximum Gasteiger partial charge on any atom is 0.163 e.